The Bertz CT molecular complexity index is 1660. The molecule has 7 nitrogen and oxygen atoms in total. The molecule has 35 heavy (non-hydrogen) atoms. The lowest BCUT2D eigenvalue weighted by atomic mass is 9.98. The van der Waals surface area contributed by atoms with E-state index in [0.717, 1.165) is 4.47 Å². The fourth-order valence-electron chi connectivity index (χ4n) is 4.21. The fourth-order valence-corrected chi connectivity index (χ4v) is 5.29. The number of aromatic nitrogens is 2. The maximum atomic E-state index is 13.7. The first-order valence-corrected chi connectivity index (χ1v) is 12.3. The highest BCUT2D eigenvalue weighted by atomic mass is 79.9. The Labute approximate surface area is 211 Å². The molecule has 0 fully saturated rings. The van der Waals surface area contributed by atoms with Crippen LogP contribution >= 0.6 is 27.3 Å². The quantitative estimate of drug-likeness (QED) is 0.265. The Morgan fingerprint density at radius 2 is 1.77 bits per heavy atom. The van der Waals surface area contributed by atoms with Crippen LogP contribution < -0.4 is 15.1 Å². The van der Waals surface area contributed by atoms with Crippen LogP contribution in [0.5, 0.6) is 11.5 Å². The van der Waals surface area contributed by atoms with Crippen LogP contribution in [0.25, 0.3) is 11.0 Å². The minimum absolute atomic E-state index is 0.0112. The predicted octanol–water partition coefficient (Wildman–Crippen LogP) is 6.26. The summed E-state index contributed by atoms with van der Waals surface area (Å²) in [6, 6.07) is 21.1. The molecule has 0 saturated heterocycles. The highest BCUT2D eigenvalue weighted by molar-refractivity contribution is 9.10. The van der Waals surface area contributed by atoms with Crippen molar-refractivity contribution < 1.29 is 13.9 Å². The summed E-state index contributed by atoms with van der Waals surface area (Å²) in [6.07, 6.45) is 0. The number of amides is 1. The number of para-hydroxylation sites is 1. The third-order valence-electron chi connectivity index (χ3n) is 5.71. The number of nitrogens with zero attached hydrogens (tertiary/aromatic N) is 3. The van der Waals surface area contributed by atoms with E-state index >= 15 is 0 Å². The van der Waals surface area contributed by atoms with Crippen molar-refractivity contribution in [2.24, 2.45) is 0 Å². The van der Waals surface area contributed by atoms with Gasteiger partial charge in [-0.3, -0.25) is 14.5 Å². The van der Waals surface area contributed by atoms with Gasteiger partial charge in [-0.1, -0.05) is 57.6 Å². The van der Waals surface area contributed by atoms with Gasteiger partial charge in [0.25, 0.3) is 5.91 Å². The largest absolute Gasteiger partial charge is 0.457 e. The third kappa shape index (κ3) is 3.73. The van der Waals surface area contributed by atoms with Crippen LogP contribution in [0.3, 0.4) is 0 Å². The smallest absolute Gasteiger partial charge is 0.297 e. The maximum Gasteiger partial charge on any atom is 0.297 e. The number of rotatable bonds is 4. The van der Waals surface area contributed by atoms with Crippen molar-refractivity contribution >= 4 is 49.3 Å². The second-order valence-corrected chi connectivity index (χ2v) is 10.1. The SMILES string of the molecule is Cc1nnc(N2C(=O)c3oc4ccc(Br)cc4c(=O)c3C2c2cccc(Oc3ccccc3)c2)s1. The third-order valence-corrected chi connectivity index (χ3v) is 7.04. The molecule has 0 spiro atoms. The van der Waals surface area contributed by atoms with Gasteiger partial charge < -0.3 is 9.15 Å². The van der Waals surface area contributed by atoms with Crippen molar-refractivity contribution in [2.45, 2.75) is 13.0 Å². The number of aryl methyl sites for hydroxylation is 1. The Morgan fingerprint density at radius 1 is 0.971 bits per heavy atom. The van der Waals surface area contributed by atoms with Gasteiger partial charge in [0.1, 0.15) is 22.1 Å². The standard InChI is InChI=1S/C26H16BrN3O4S/c1-14-28-29-26(35-14)30-22(15-6-5-9-18(12-15)33-17-7-3-2-4-8-17)21-23(31)19-13-16(27)10-11-20(19)34-24(21)25(30)32/h2-13,22H,1H3. The van der Waals surface area contributed by atoms with Crippen LogP contribution in [0.2, 0.25) is 0 Å². The molecule has 6 rings (SSSR count). The van der Waals surface area contributed by atoms with Gasteiger partial charge in [0.15, 0.2) is 5.43 Å². The first-order valence-electron chi connectivity index (χ1n) is 10.7. The van der Waals surface area contributed by atoms with Crippen LogP contribution in [-0.2, 0) is 0 Å². The second-order valence-electron chi connectivity index (χ2n) is 7.98. The van der Waals surface area contributed by atoms with E-state index in [0.29, 0.717) is 38.2 Å². The Hall–Kier alpha value is -3.82. The molecule has 1 unspecified atom stereocenters. The van der Waals surface area contributed by atoms with Gasteiger partial charge in [0.2, 0.25) is 10.9 Å². The topological polar surface area (TPSA) is 85.5 Å². The first-order chi connectivity index (χ1) is 17.0. The number of anilines is 1. The summed E-state index contributed by atoms with van der Waals surface area (Å²) in [5, 5.41) is 9.77. The summed E-state index contributed by atoms with van der Waals surface area (Å²) in [5.74, 6) is 0.838. The molecule has 1 atom stereocenters. The first kappa shape index (κ1) is 21.7. The molecule has 0 aliphatic carbocycles. The van der Waals surface area contributed by atoms with Gasteiger partial charge in [0.05, 0.1) is 17.0 Å². The normalized spacial score (nSPS) is 15.0. The number of hydrogen-bond donors (Lipinski definition) is 0. The van der Waals surface area contributed by atoms with E-state index in [-0.39, 0.29) is 16.8 Å². The molecule has 172 valence electrons. The molecule has 3 heterocycles. The van der Waals surface area contributed by atoms with Gasteiger partial charge in [-0.2, -0.15) is 0 Å². The Kier molecular flexibility index (Phi) is 5.23. The molecule has 5 aromatic rings. The highest BCUT2D eigenvalue weighted by Gasteiger charge is 2.45. The van der Waals surface area contributed by atoms with E-state index < -0.39 is 11.9 Å². The predicted molar refractivity (Wildman–Crippen MR) is 136 cm³/mol. The van der Waals surface area contributed by atoms with Crippen LogP contribution in [-0.4, -0.2) is 16.1 Å². The molecule has 0 saturated carbocycles. The van der Waals surface area contributed by atoms with E-state index in [4.69, 9.17) is 9.15 Å². The number of halogens is 1. The molecule has 9 heteroatoms. The minimum Gasteiger partial charge on any atom is -0.457 e. The number of benzene rings is 3. The molecule has 0 N–H and O–H groups in total. The number of fused-ring (bicyclic) bond motifs is 2. The van der Waals surface area contributed by atoms with Crippen LogP contribution in [0, 0.1) is 6.92 Å². The zero-order valence-corrected chi connectivity index (χ0v) is 20.7. The summed E-state index contributed by atoms with van der Waals surface area (Å²) >= 11 is 4.70. The van der Waals surface area contributed by atoms with Crippen molar-refractivity contribution in [2.75, 3.05) is 4.90 Å². The number of hydrogen-bond acceptors (Lipinski definition) is 7. The van der Waals surface area contributed by atoms with Crippen molar-refractivity contribution in [3.63, 3.8) is 0 Å². The van der Waals surface area contributed by atoms with Gasteiger partial charge in [-0.05, 0) is 55.0 Å². The van der Waals surface area contributed by atoms with E-state index in [2.05, 4.69) is 26.1 Å². The van der Waals surface area contributed by atoms with Crippen LogP contribution in [0.1, 0.15) is 32.7 Å². The molecule has 2 aromatic heterocycles. The van der Waals surface area contributed by atoms with Crippen molar-refractivity contribution in [1.29, 1.82) is 0 Å². The second kappa shape index (κ2) is 8.44. The van der Waals surface area contributed by atoms with Gasteiger partial charge in [0, 0.05) is 4.47 Å². The summed E-state index contributed by atoms with van der Waals surface area (Å²) in [6.45, 7) is 1.81. The summed E-state index contributed by atoms with van der Waals surface area (Å²) in [4.78, 5) is 28.8. The van der Waals surface area contributed by atoms with E-state index in [9.17, 15) is 9.59 Å². The summed E-state index contributed by atoms with van der Waals surface area (Å²) in [5.41, 5.74) is 1.05. The average Bonchev–Trinajstić information content (AvgIpc) is 3.41. The number of carbonyl (C=O) groups excluding carboxylic acids is 1. The van der Waals surface area contributed by atoms with E-state index in [1.165, 1.54) is 16.2 Å². The molecule has 0 radical (unpaired) electrons. The number of ether oxygens (including phenoxy) is 1. The molecular weight excluding hydrogens is 530 g/mol. The van der Waals surface area contributed by atoms with Gasteiger partial charge in [-0.25, -0.2) is 0 Å². The molecule has 1 aliphatic heterocycles. The lowest BCUT2D eigenvalue weighted by Gasteiger charge is -2.22. The van der Waals surface area contributed by atoms with Gasteiger partial charge in [-0.15, -0.1) is 10.2 Å². The van der Waals surface area contributed by atoms with Crippen molar-refractivity contribution in [3.05, 3.63) is 109 Å². The van der Waals surface area contributed by atoms with Crippen LogP contribution in [0.4, 0.5) is 5.13 Å². The zero-order chi connectivity index (χ0) is 24.1. The fraction of sp³-hybridized carbons (Fsp3) is 0.0769. The summed E-state index contributed by atoms with van der Waals surface area (Å²) in [7, 11) is 0. The molecular formula is C26H16BrN3O4S. The van der Waals surface area contributed by atoms with Crippen LogP contribution in [0.15, 0.2) is 86.5 Å². The van der Waals surface area contributed by atoms with Gasteiger partial charge >= 0.3 is 0 Å². The molecule has 3 aromatic carbocycles. The Morgan fingerprint density at radius 3 is 2.54 bits per heavy atom. The lowest BCUT2D eigenvalue weighted by molar-refractivity contribution is 0.0970. The zero-order valence-electron chi connectivity index (χ0n) is 18.3. The Balaban J connectivity index is 1.55. The molecule has 0 bridgehead atoms. The number of carbonyl (C=O) groups is 1. The molecule has 1 aliphatic rings. The molecule has 1 amide bonds. The minimum atomic E-state index is -0.746. The summed E-state index contributed by atoms with van der Waals surface area (Å²) < 4.78 is 12.8. The average molecular weight is 546 g/mol. The van der Waals surface area contributed by atoms with Crippen molar-refractivity contribution in [1.82, 2.24) is 10.2 Å². The van der Waals surface area contributed by atoms with E-state index in [1.807, 2.05) is 61.5 Å². The lowest BCUT2D eigenvalue weighted by Crippen LogP contribution is -2.29. The van der Waals surface area contributed by atoms with E-state index in [1.54, 1.807) is 18.2 Å². The highest BCUT2D eigenvalue weighted by Crippen LogP contribution is 2.43. The van der Waals surface area contributed by atoms with Crippen molar-refractivity contribution in [3.8, 4) is 11.5 Å². The maximum absolute atomic E-state index is 13.7. The monoisotopic (exact) mass is 545 g/mol.